The second-order valence-corrected chi connectivity index (χ2v) is 4.17. The average molecular weight is 223 g/mol. The van der Waals surface area contributed by atoms with E-state index in [0.717, 1.165) is 12.6 Å². The molecule has 2 rings (SSSR count). The van der Waals surface area contributed by atoms with Crippen LogP contribution in [0.2, 0.25) is 0 Å². The third kappa shape index (κ3) is 2.52. The molecule has 6 heteroatoms. The Morgan fingerprint density at radius 2 is 2.50 bits per heavy atom. The molecule has 0 radical (unpaired) electrons. The molecule has 6 nitrogen and oxygen atoms in total. The van der Waals surface area contributed by atoms with Crippen molar-refractivity contribution in [1.29, 1.82) is 0 Å². The molecule has 0 saturated heterocycles. The summed E-state index contributed by atoms with van der Waals surface area (Å²) < 4.78 is 0. The number of nitrogens with zero attached hydrogens (tertiary/aromatic N) is 2. The predicted octanol–water partition coefficient (Wildman–Crippen LogP) is -0.184. The van der Waals surface area contributed by atoms with Crippen LogP contribution in [0.3, 0.4) is 0 Å². The van der Waals surface area contributed by atoms with E-state index in [-0.39, 0.29) is 5.91 Å². The van der Waals surface area contributed by atoms with Gasteiger partial charge in [0.2, 0.25) is 0 Å². The van der Waals surface area contributed by atoms with Crippen molar-refractivity contribution in [3.05, 3.63) is 11.8 Å². The summed E-state index contributed by atoms with van der Waals surface area (Å²) in [6, 6.07) is 0.718. The average Bonchev–Trinajstić information content (AvgIpc) is 3.01. The second kappa shape index (κ2) is 4.52. The number of carbonyl (C=O) groups is 1. The van der Waals surface area contributed by atoms with Gasteiger partial charge in [0, 0.05) is 19.1 Å². The summed E-state index contributed by atoms with van der Waals surface area (Å²) in [7, 11) is 2.08. The van der Waals surface area contributed by atoms with E-state index < -0.39 is 0 Å². The number of likely N-dealkylation sites (N-methyl/N-ethyl adjacent to an activating group) is 1. The molecule has 1 fully saturated rings. The van der Waals surface area contributed by atoms with Crippen LogP contribution in [0, 0.1) is 0 Å². The summed E-state index contributed by atoms with van der Waals surface area (Å²) in [6.45, 7) is 1.50. The highest BCUT2D eigenvalue weighted by Gasteiger charge is 2.25. The molecule has 0 aliphatic heterocycles. The number of nitrogens with two attached hydrogens (primary N) is 1. The normalized spacial score (nSPS) is 15.4. The van der Waals surface area contributed by atoms with Gasteiger partial charge in [-0.15, -0.1) is 0 Å². The summed E-state index contributed by atoms with van der Waals surface area (Å²) in [6.07, 6.45) is 3.99. The van der Waals surface area contributed by atoms with Crippen molar-refractivity contribution in [3.63, 3.8) is 0 Å². The van der Waals surface area contributed by atoms with E-state index in [9.17, 15) is 4.79 Å². The number of nitrogen functional groups attached to an aromatic ring is 1. The fourth-order valence-corrected chi connectivity index (χ4v) is 1.62. The number of rotatable bonds is 5. The Bertz CT molecular complexity index is 371. The third-order valence-corrected chi connectivity index (χ3v) is 2.83. The van der Waals surface area contributed by atoms with Gasteiger partial charge in [0.25, 0.3) is 5.91 Å². The maximum absolute atomic E-state index is 11.6. The number of aromatic nitrogens is 2. The zero-order valence-electron chi connectivity index (χ0n) is 9.36. The molecule has 1 amide bonds. The van der Waals surface area contributed by atoms with Crippen molar-refractivity contribution in [3.8, 4) is 0 Å². The second-order valence-electron chi connectivity index (χ2n) is 4.17. The number of carbonyl (C=O) groups excluding carboxylic acids is 1. The van der Waals surface area contributed by atoms with Gasteiger partial charge in [0.1, 0.15) is 11.4 Å². The molecule has 1 saturated carbocycles. The molecular formula is C10H17N5O. The van der Waals surface area contributed by atoms with Gasteiger partial charge in [-0.25, -0.2) is 0 Å². The van der Waals surface area contributed by atoms with Crippen molar-refractivity contribution in [2.24, 2.45) is 0 Å². The zero-order valence-corrected chi connectivity index (χ0v) is 9.36. The van der Waals surface area contributed by atoms with E-state index >= 15 is 0 Å². The quantitative estimate of drug-likeness (QED) is 0.646. The number of anilines is 1. The highest BCUT2D eigenvalue weighted by Crippen LogP contribution is 2.24. The van der Waals surface area contributed by atoms with E-state index in [1.807, 2.05) is 0 Å². The lowest BCUT2D eigenvalue weighted by molar-refractivity contribution is 0.0950. The summed E-state index contributed by atoms with van der Waals surface area (Å²) in [4.78, 5) is 13.9. The molecule has 0 spiro atoms. The highest BCUT2D eigenvalue weighted by atomic mass is 16.1. The van der Waals surface area contributed by atoms with E-state index in [1.54, 1.807) is 0 Å². The van der Waals surface area contributed by atoms with Crippen LogP contribution >= 0.6 is 0 Å². The van der Waals surface area contributed by atoms with Crippen molar-refractivity contribution in [1.82, 2.24) is 20.4 Å². The van der Waals surface area contributed by atoms with Crippen LogP contribution < -0.4 is 11.1 Å². The predicted molar refractivity (Wildman–Crippen MR) is 61.0 cm³/mol. The van der Waals surface area contributed by atoms with E-state index in [2.05, 4.69) is 27.5 Å². The van der Waals surface area contributed by atoms with Gasteiger partial charge >= 0.3 is 0 Å². The maximum Gasteiger partial charge on any atom is 0.256 e. The summed E-state index contributed by atoms with van der Waals surface area (Å²) in [5.74, 6) is 0.142. The fourth-order valence-electron chi connectivity index (χ4n) is 1.62. The van der Waals surface area contributed by atoms with Crippen LogP contribution in [-0.2, 0) is 0 Å². The lowest BCUT2D eigenvalue weighted by Crippen LogP contribution is -2.34. The molecule has 0 atom stereocenters. The molecule has 16 heavy (non-hydrogen) atoms. The highest BCUT2D eigenvalue weighted by molar-refractivity contribution is 5.98. The first-order chi connectivity index (χ1) is 7.68. The number of aromatic amines is 1. The standard InChI is InChI=1S/C10H17N5O/c1-15(7-2-3-7)5-4-12-10(16)8-6-13-14-9(8)11/h6-7H,2-5H2,1H3,(H,12,16)(H3,11,13,14). The van der Waals surface area contributed by atoms with Crippen LogP contribution in [0.1, 0.15) is 23.2 Å². The minimum atomic E-state index is -0.171. The van der Waals surface area contributed by atoms with Gasteiger partial charge in [0.15, 0.2) is 0 Å². The molecular weight excluding hydrogens is 206 g/mol. The molecule has 0 unspecified atom stereocenters. The number of hydrogen-bond acceptors (Lipinski definition) is 4. The Kier molecular flexibility index (Phi) is 3.09. The van der Waals surface area contributed by atoms with Gasteiger partial charge in [-0.1, -0.05) is 0 Å². The first-order valence-electron chi connectivity index (χ1n) is 5.45. The van der Waals surface area contributed by atoms with Gasteiger partial charge in [-0.05, 0) is 19.9 Å². The van der Waals surface area contributed by atoms with Gasteiger partial charge < -0.3 is 16.0 Å². The fraction of sp³-hybridized carbons (Fsp3) is 0.600. The van der Waals surface area contributed by atoms with Gasteiger partial charge in [-0.2, -0.15) is 5.10 Å². The first-order valence-corrected chi connectivity index (χ1v) is 5.45. The molecule has 1 aromatic rings. The molecule has 1 heterocycles. The Labute approximate surface area is 94.2 Å². The molecule has 4 N–H and O–H groups in total. The Hall–Kier alpha value is -1.56. The van der Waals surface area contributed by atoms with E-state index in [0.29, 0.717) is 17.9 Å². The minimum absolute atomic E-state index is 0.171. The summed E-state index contributed by atoms with van der Waals surface area (Å²) in [5.41, 5.74) is 5.95. The Morgan fingerprint density at radius 3 is 3.06 bits per heavy atom. The van der Waals surface area contributed by atoms with Crippen LogP contribution in [0.4, 0.5) is 5.82 Å². The van der Waals surface area contributed by atoms with Crippen LogP contribution in [0.15, 0.2) is 6.20 Å². The minimum Gasteiger partial charge on any atom is -0.383 e. The largest absolute Gasteiger partial charge is 0.383 e. The Balaban J connectivity index is 1.73. The van der Waals surface area contributed by atoms with Crippen molar-refractivity contribution < 1.29 is 4.79 Å². The molecule has 1 aliphatic carbocycles. The van der Waals surface area contributed by atoms with Gasteiger partial charge in [0.05, 0.1) is 6.20 Å². The third-order valence-electron chi connectivity index (χ3n) is 2.83. The summed E-state index contributed by atoms with van der Waals surface area (Å²) in [5, 5.41) is 9.06. The monoisotopic (exact) mass is 223 g/mol. The molecule has 1 aliphatic rings. The van der Waals surface area contributed by atoms with Crippen LogP contribution in [0.25, 0.3) is 0 Å². The molecule has 88 valence electrons. The van der Waals surface area contributed by atoms with E-state index in [4.69, 9.17) is 5.73 Å². The molecule has 0 bridgehead atoms. The van der Waals surface area contributed by atoms with Crippen molar-refractivity contribution in [2.75, 3.05) is 25.9 Å². The van der Waals surface area contributed by atoms with Crippen LogP contribution in [-0.4, -0.2) is 47.2 Å². The topological polar surface area (TPSA) is 87.0 Å². The SMILES string of the molecule is CN(CCNC(=O)c1cn[nH]c1N)C1CC1. The lowest BCUT2D eigenvalue weighted by atomic mass is 10.3. The number of hydrogen-bond donors (Lipinski definition) is 3. The molecule has 1 aromatic heterocycles. The number of H-pyrrole nitrogens is 1. The van der Waals surface area contributed by atoms with E-state index in [1.165, 1.54) is 19.0 Å². The number of nitrogens with one attached hydrogen (secondary N) is 2. The lowest BCUT2D eigenvalue weighted by Gasteiger charge is -2.15. The Morgan fingerprint density at radius 1 is 1.75 bits per heavy atom. The van der Waals surface area contributed by atoms with Gasteiger partial charge in [-0.3, -0.25) is 9.89 Å². The van der Waals surface area contributed by atoms with Crippen LogP contribution in [0.5, 0.6) is 0 Å². The summed E-state index contributed by atoms with van der Waals surface area (Å²) >= 11 is 0. The van der Waals surface area contributed by atoms with Crippen molar-refractivity contribution >= 4 is 11.7 Å². The smallest absolute Gasteiger partial charge is 0.256 e. The maximum atomic E-state index is 11.6. The van der Waals surface area contributed by atoms with Crippen molar-refractivity contribution in [2.45, 2.75) is 18.9 Å². The zero-order chi connectivity index (χ0) is 11.5. The number of amides is 1. The first kappa shape index (κ1) is 10.9. The molecule has 0 aromatic carbocycles.